The molecule has 74 valence electrons. The summed E-state index contributed by atoms with van der Waals surface area (Å²) in [4.78, 5) is 0. The third-order valence-corrected chi connectivity index (χ3v) is 2.61. The molecule has 0 fully saturated rings. The summed E-state index contributed by atoms with van der Waals surface area (Å²) in [7, 11) is 0. The van der Waals surface area contributed by atoms with Gasteiger partial charge in [0.1, 0.15) is 5.82 Å². The lowest BCUT2D eigenvalue weighted by Crippen LogP contribution is -1.91. The average molecular weight is 190 g/mol. The first-order valence-electron chi connectivity index (χ1n) is 5.14. The molecule has 1 heteroatoms. The van der Waals surface area contributed by atoms with E-state index in [1.807, 2.05) is 6.07 Å². The van der Waals surface area contributed by atoms with Crippen molar-refractivity contribution in [3.8, 4) is 0 Å². The third-order valence-electron chi connectivity index (χ3n) is 2.61. The van der Waals surface area contributed by atoms with Gasteiger partial charge in [-0.3, -0.25) is 0 Å². The first-order valence-corrected chi connectivity index (χ1v) is 5.14. The summed E-state index contributed by atoms with van der Waals surface area (Å²) in [5.41, 5.74) is 3.70. The molecule has 1 aromatic rings. The fourth-order valence-corrected chi connectivity index (χ4v) is 2.00. The normalized spacial score (nSPS) is 14.4. The molecule has 2 rings (SSSR count). The van der Waals surface area contributed by atoms with Crippen molar-refractivity contribution in [2.24, 2.45) is 5.92 Å². The van der Waals surface area contributed by atoms with E-state index >= 15 is 0 Å². The topological polar surface area (TPSA) is 0 Å². The molecule has 0 bridgehead atoms. The van der Waals surface area contributed by atoms with Crippen LogP contribution in [-0.2, 0) is 6.42 Å². The first-order chi connectivity index (χ1) is 6.66. The number of hydrogen-bond acceptors (Lipinski definition) is 0. The summed E-state index contributed by atoms with van der Waals surface area (Å²) < 4.78 is 13.0. The molecular formula is C13H15F. The van der Waals surface area contributed by atoms with Gasteiger partial charge in [0.25, 0.3) is 0 Å². The van der Waals surface area contributed by atoms with Gasteiger partial charge in [-0.2, -0.15) is 0 Å². The van der Waals surface area contributed by atoms with Gasteiger partial charge >= 0.3 is 0 Å². The van der Waals surface area contributed by atoms with Crippen LogP contribution in [0.1, 0.15) is 31.4 Å². The van der Waals surface area contributed by atoms with Crippen LogP contribution in [0.25, 0.3) is 5.57 Å². The van der Waals surface area contributed by atoms with Gasteiger partial charge in [-0.15, -0.1) is 0 Å². The second-order valence-corrected chi connectivity index (χ2v) is 4.33. The summed E-state index contributed by atoms with van der Waals surface area (Å²) in [6.07, 6.45) is 4.25. The maximum absolute atomic E-state index is 13.0. The molecule has 1 aliphatic carbocycles. The van der Waals surface area contributed by atoms with Gasteiger partial charge in [-0.05, 0) is 47.6 Å². The maximum Gasteiger partial charge on any atom is 0.123 e. The Morgan fingerprint density at radius 3 is 2.86 bits per heavy atom. The average Bonchev–Trinajstić information content (AvgIpc) is 2.47. The maximum atomic E-state index is 13.0. The van der Waals surface area contributed by atoms with Crippen LogP contribution in [0.15, 0.2) is 24.3 Å². The van der Waals surface area contributed by atoms with E-state index in [9.17, 15) is 4.39 Å². The number of benzene rings is 1. The minimum absolute atomic E-state index is 0.125. The van der Waals surface area contributed by atoms with Gasteiger partial charge in [0.2, 0.25) is 0 Å². The van der Waals surface area contributed by atoms with E-state index in [-0.39, 0.29) is 5.82 Å². The monoisotopic (exact) mass is 190 g/mol. The largest absolute Gasteiger partial charge is 0.207 e. The van der Waals surface area contributed by atoms with Crippen LogP contribution in [0.3, 0.4) is 0 Å². The number of halogens is 1. The Bertz CT molecular complexity index is 375. The molecule has 0 saturated carbocycles. The van der Waals surface area contributed by atoms with E-state index in [1.54, 1.807) is 12.1 Å². The Hall–Kier alpha value is -1.11. The number of rotatable bonds is 2. The highest BCUT2D eigenvalue weighted by Gasteiger charge is 2.15. The lowest BCUT2D eigenvalue weighted by Gasteiger charge is -2.08. The zero-order chi connectivity index (χ0) is 10.1. The molecule has 0 radical (unpaired) electrons. The molecule has 0 nitrogen and oxygen atoms in total. The molecule has 0 unspecified atom stereocenters. The van der Waals surface area contributed by atoms with Gasteiger partial charge < -0.3 is 0 Å². The van der Waals surface area contributed by atoms with Crippen molar-refractivity contribution in [2.75, 3.05) is 0 Å². The van der Waals surface area contributed by atoms with E-state index in [1.165, 1.54) is 11.1 Å². The Morgan fingerprint density at radius 1 is 1.36 bits per heavy atom. The molecule has 14 heavy (non-hydrogen) atoms. The van der Waals surface area contributed by atoms with Crippen LogP contribution < -0.4 is 0 Å². The number of allylic oxidation sites excluding steroid dienone is 2. The lowest BCUT2D eigenvalue weighted by molar-refractivity contribution is 0.626. The van der Waals surface area contributed by atoms with Crippen LogP contribution in [-0.4, -0.2) is 0 Å². The highest BCUT2D eigenvalue weighted by molar-refractivity contribution is 5.73. The molecule has 0 atom stereocenters. The van der Waals surface area contributed by atoms with Crippen molar-refractivity contribution in [2.45, 2.75) is 26.7 Å². The molecule has 0 saturated heterocycles. The highest BCUT2D eigenvalue weighted by atomic mass is 19.1. The van der Waals surface area contributed by atoms with E-state index in [0.717, 1.165) is 18.4 Å². The highest BCUT2D eigenvalue weighted by Crippen LogP contribution is 2.32. The van der Waals surface area contributed by atoms with Crippen LogP contribution in [0.2, 0.25) is 0 Å². The van der Waals surface area contributed by atoms with E-state index in [4.69, 9.17) is 0 Å². The van der Waals surface area contributed by atoms with Crippen LogP contribution in [0.5, 0.6) is 0 Å². The molecule has 1 aromatic carbocycles. The SMILES string of the molecule is CC(C)CC1=CCc2ccc(F)cc21. The Labute approximate surface area is 84.5 Å². The summed E-state index contributed by atoms with van der Waals surface area (Å²) in [5.74, 6) is 0.510. The van der Waals surface area contributed by atoms with Crippen molar-refractivity contribution in [3.05, 3.63) is 41.2 Å². The zero-order valence-corrected chi connectivity index (χ0v) is 8.68. The molecular weight excluding hydrogens is 175 g/mol. The Kier molecular flexibility index (Phi) is 2.40. The second kappa shape index (κ2) is 3.56. The fraction of sp³-hybridized carbons (Fsp3) is 0.385. The Morgan fingerprint density at radius 2 is 2.14 bits per heavy atom. The van der Waals surface area contributed by atoms with Crippen molar-refractivity contribution in [3.63, 3.8) is 0 Å². The van der Waals surface area contributed by atoms with Gasteiger partial charge in [0.05, 0.1) is 0 Å². The molecule has 0 aromatic heterocycles. The number of fused-ring (bicyclic) bond motifs is 1. The molecule has 0 heterocycles. The molecule has 0 aliphatic heterocycles. The molecule has 0 amide bonds. The van der Waals surface area contributed by atoms with Crippen molar-refractivity contribution in [1.82, 2.24) is 0 Å². The fourth-order valence-electron chi connectivity index (χ4n) is 2.00. The molecule has 0 spiro atoms. The van der Waals surface area contributed by atoms with Crippen LogP contribution >= 0.6 is 0 Å². The minimum Gasteiger partial charge on any atom is -0.207 e. The standard InChI is InChI=1S/C13H15F/c1-9(2)7-11-4-3-10-5-6-12(14)8-13(10)11/h4-6,8-9H,3,7H2,1-2H3. The van der Waals surface area contributed by atoms with Gasteiger partial charge in [-0.25, -0.2) is 4.39 Å². The van der Waals surface area contributed by atoms with E-state index in [0.29, 0.717) is 5.92 Å². The summed E-state index contributed by atoms with van der Waals surface area (Å²) in [5, 5.41) is 0. The van der Waals surface area contributed by atoms with Gasteiger partial charge in [0.15, 0.2) is 0 Å². The minimum atomic E-state index is -0.125. The molecule has 0 N–H and O–H groups in total. The Balaban J connectivity index is 2.31. The quantitative estimate of drug-likeness (QED) is 0.665. The van der Waals surface area contributed by atoms with Gasteiger partial charge in [-0.1, -0.05) is 26.0 Å². The lowest BCUT2D eigenvalue weighted by atomic mass is 9.98. The van der Waals surface area contributed by atoms with E-state index < -0.39 is 0 Å². The summed E-state index contributed by atoms with van der Waals surface area (Å²) in [6.45, 7) is 4.39. The number of hydrogen-bond donors (Lipinski definition) is 0. The summed E-state index contributed by atoms with van der Waals surface area (Å²) in [6, 6.07) is 5.11. The van der Waals surface area contributed by atoms with Crippen LogP contribution in [0, 0.1) is 11.7 Å². The summed E-state index contributed by atoms with van der Waals surface area (Å²) >= 11 is 0. The van der Waals surface area contributed by atoms with Crippen molar-refractivity contribution < 1.29 is 4.39 Å². The van der Waals surface area contributed by atoms with Crippen LogP contribution in [0.4, 0.5) is 4.39 Å². The third kappa shape index (κ3) is 1.72. The molecule has 1 aliphatic rings. The zero-order valence-electron chi connectivity index (χ0n) is 8.68. The second-order valence-electron chi connectivity index (χ2n) is 4.33. The van der Waals surface area contributed by atoms with Crippen molar-refractivity contribution >= 4 is 5.57 Å². The predicted molar refractivity (Wildman–Crippen MR) is 57.5 cm³/mol. The van der Waals surface area contributed by atoms with E-state index in [2.05, 4.69) is 19.9 Å². The van der Waals surface area contributed by atoms with Crippen molar-refractivity contribution in [1.29, 1.82) is 0 Å². The smallest absolute Gasteiger partial charge is 0.123 e. The first kappa shape index (κ1) is 9.45. The predicted octanol–water partition coefficient (Wildman–Crippen LogP) is 3.81. The van der Waals surface area contributed by atoms with Gasteiger partial charge in [0, 0.05) is 0 Å².